The van der Waals surface area contributed by atoms with Gasteiger partial charge in [0.15, 0.2) is 0 Å². The summed E-state index contributed by atoms with van der Waals surface area (Å²) in [7, 11) is 1.63. The van der Waals surface area contributed by atoms with Gasteiger partial charge in [-0.3, -0.25) is 0 Å². The molecule has 0 aliphatic heterocycles. The summed E-state index contributed by atoms with van der Waals surface area (Å²) in [5.74, 6) is 3.16. The zero-order valence-electron chi connectivity index (χ0n) is 7.84. The van der Waals surface area contributed by atoms with E-state index in [1.54, 1.807) is 7.11 Å². The standard InChI is InChI=1S/C11H13NO/c1-3-11(13-2,9-4-5-9)10(8-12)6-7-10/h1,9H,4-7H2,2H3/t11-/m1/s1. The highest BCUT2D eigenvalue weighted by atomic mass is 16.5. The number of methoxy groups -OCH3 is 1. The molecule has 1 atom stereocenters. The van der Waals surface area contributed by atoms with Crippen molar-refractivity contribution in [3.63, 3.8) is 0 Å². The van der Waals surface area contributed by atoms with Crippen LogP contribution in [-0.4, -0.2) is 12.7 Å². The van der Waals surface area contributed by atoms with Crippen molar-refractivity contribution in [1.82, 2.24) is 0 Å². The minimum atomic E-state index is -0.582. The fourth-order valence-electron chi connectivity index (χ4n) is 2.25. The van der Waals surface area contributed by atoms with E-state index in [2.05, 4.69) is 12.0 Å². The summed E-state index contributed by atoms with van der Waals surface area (Å²) in [5, 5.41) is 9.11. The van der Waals surface area contributed by atoms with Crippen molar-refractivity contribution in [1.29, 1.82) is 5.26 Å². The molecule has 0 radical (unpaired) electrons. The van der Waals surface area contributed by atoms with Gasteiger partial charge in [-0.05, 0) is 25.7 Å². The van der Waals surface area contributed by atoms with E-state index in [1.807, 2.05) is 0 Å². The summed E-state index contributed by atoms with van der Waals surface area (Å²) in [6.07, 6.45) is 9.56. The average Bonchev–Trinajstić information content (AvgIpc) is 3.03. The Kier molecular flexibility index (Phi) is 1.65. The van der Waals surface area contributed by atoms with E-state index in [-0.39, 0.29) is 5.41 Å². The Labute approximate surface area is 78.9 Å². The first-order chi connectivity index (χ1) is 6.24. The summed E-state index contributed by atoms with van der Waals surface area (Å²) in [6, 6.07) is 2.35. The summed E-state index contributed by atoms with van der Waals surface area (Å²) >= 11 is 0. The van der Waals surface area contributed by atoms with Gasteiger partial charge in [-0.1, -0.05) is 5.92 Å². The van der Waals surface area contributed by atoms with Gasteiger partial charge < -0.3 is 4.74 Å². The zero-order valence-corrected chi connectivity index (χ0v) is 7.84. The van der Waals surface area contributed by atoms with Crippen LogP contribution in [-0.2, 0) is 4.74 Å². The van der Waals surface area contributed by atoms with Gasteiger partial charge in [0, 0.05) is 13.0 Å². The maximum absolute atomic E-state index is 9.11. The van der Waals surface area contributed by atoms with Gasteiger partial charge in [-0.25, -0.2) is 0 Å². The van der Waals surface area contributed by atoms with Crippen molar-refractivity contribution in [2.75, 3.05) is 7.11 Å². The van der Waals surface area contributed by atoms with Crippen molar-refractivity contribution >= 4 is 0 Å². The van der Waals surface area contributed by atoms with Gasteiger partial charge in [0.25, 0.3) is 0 Å². The Morgan fingerprint density at radius 1 is 1.54 bits per heavy atom. The second-order valence-electron chi connectivity index (χ2n) is 4.05. The number of nitrogens with zero attached hydrogens (tertiary/aromatic N) is 1. The molecule has 2 fully saturated rings. The highest BCUT2D eigenvalue weighted by molar-refractivity contribution is 5.33. The Hall–Kier alpha value is -0.990. The lowest BCUT2D eigenvalue weighted by Crippen LogP contribution is -2.42. The SMILES string of the molecule is C#C[C@@](OC)(C1CC1)C1(C#N)CC1. The lowest BCUT2D eigenvalue weighted by molar-refractivity contribution is -0.0198. The predicted octanol–water partition coefficient (Wildman–Crippen LogP) is 1.72. The Bertz CT molecular complexity index is 301. The van der Waals surface area contributed by atoms with Gasteiger partial charge in [0.1, 0.15) is 5.60 Å². The topological polar surface area (TPSA) is 33.0 Å². The summed E-state index contributed by atoms with van der Waals surface area (Å²) in [5.41, 5.74) is -0.945. The van der Waals surface area contributed by atoms with Crippen molar-refractivity contribution in [2.24, 2.45) is 11.3 Å². The molecule has 0 spiro atoms. The van der Waals surface area contributed by atoms with Gasteiger partial charge in [0.2, 0.25) is 0 Å². The number of hydrogen-bond acceptors (Lipinski definition) is 2. The van der Waals surface area contributed by atoms with E-state index < -0.39 is 5.60 Å². The lowest BCUT2D eigenvalue weighted by atomic mass is 9.81. The number of terminal acetylenes is 1. The van der Waals surface area contributed by atoms with Gasteiger partial charge in [-0.15, -0.1) is 6.42 Å². The van der Waals surface area contributed by atoms with Crippen LogP contribution in [0.2, 0.25) is 0 Å². The van der Waals surface area contributed by atoms with Crippen LogP contribution in [0.5, 0.6) is 0 Å². The molecule has 2 heteroatoms. The predicted molar refractivity (Wildman–Crippen MR) is 48.6 cm³/mol. The summed E-state index contributed by atoms with van der Waals surface area (Å²) < 4.78 is 5.47. The molecule has 2 nitrogen and oxygen atoms in total. The Balaban J connectivity index is 2.33. The molecule has 0 bridgehead atoms. The molecule has 0 amide bonds. The van der Waals surface area contributed by atoms with E-state index in [0.717, 1.165) is 25.7 Å². The zero-order chi connectivity index (χ0) is 9.53. The number of rotatable bonds is 3. The van der Waals surface area contributed by atoms with E-state index >= 15 is 0 Å². The Morgan fingerprint density at radius 2 is 2.15 bits per heavy atom. The van der Waals surface area contributed by atoms with Crippen molar-refractivity contribution in [3.8, 4) is 18.4 Å². The molecule has 2 aliphatic carbocycles. The number of hydrogen-bond donors (Lipinski definition) is 0. The first-order valence-corrected chi connectivity index (χ1v) is 4.69. The molecule has 68 valence electrons. The van der Waals surface area contributed by atoms with Gasteiger partial charge >= 0.3 is 0 Å². The molecular weight excluding hydrogens is 162 g/mol. The Morgan fingerprint density at radius 3 is 2.38 bits per heavy atom. The van der Waals surface area contributed by atoms with E-state index in [9.17, 15) is 0 Å². The number of nitriles is 1. The van der Waals surface area contributed by atoms with E-state index in [1.165, 1.54) is 0 Å². The lowest BCUT2D eigenvalue weighted by Gasteiger charge is -2.31. The third-order valence-corrected chi connectivity index (χ3v) is 3.36. The average molecular weight is 175 g/mol. The normalized spacial score (nSPS) is 28.2. The maximum Gasteiger partial charge on any atom is 0.149 e. The summed E-state index contributed by atoms with van der Waals surface area (Å²) in [6.45, 7) is 0. The van der Waals surface area contributed by atoms with Crippen LogP contribution in [0.3, 0.4) is 0 Å². The number of ether oxygens (including phenoxy) is 1. The molecular formula is C11H13NO. The molecule has 0 N–H and O–H groups in total. The molecule has 0 unspecified atom stereocenters. The first kappa shape index (κ1) is 8.60. The van der Waals surface area contributed by atoms with Crippen LogP contribution in [0.25, 0.3) is 0 Å². The highest BCUT2D eigenvalue weighted by Gasteiger charge is 2.65. The maximum atomic E-state index is 9.11. The quantitative estimate of drug-likeness (QED) is 0.612. The third-order valence-electron chi connectivity index (χ3n) is 3.36. The van der Waals surface area contributed by atoms with Crippen LogP contribution in [0, 0.1) is 35.0 Å². The monoisotopic (exact) mass is 175 g/mol. The first-order valence-electron chi connectivity index (χ1n) is 4.69. The second-order valence-corrected chi connectivity index (χ2v) is 4.05. The minimum absolute atomic E-state index is 0.363. The molecule has 0 aromatic rings. The highest BCUT2D eigenvalue weighted by Crippen LogP contribution is 2.62. The van der Waals surface area contributed by atoms with E-state index in [4.69, 9.17) is 16.4 Å². The molecule has 0 heterocycles. The van der Waals surface area contributed by atoms with Crippen LogP contribution < -0.4 is 0 Å². The van der Waals surface area contributed by atoms with Crippen LogP contribution in [0.15, 0.2) is 0 Å². The molecule has 0 saturated heterocycles. The van der Waals surface area contributed by atoms with Crippen molar-refractivity contribution in [2.45, 2.75) is 31.3 Å². The van der Waals surface area contributed by atoms with Gasteiger partial charge in [0.05, 0.1) is 11.5 Å². The summed E-state index contributed by atoms with van der Waals surface area (Å²) in [4.78, 5) is 0. The van der Waals surface area contributed by atoms with Crippen LogP contribution >= 0.6 is 0 Å². The smallest absolute Gasteiger partial charge is 0.149 e. The molecule has 2 aliphatic rings. The molecule has 2 saturated carbocycles. The molecule has 0 aromatic carbocycles. The molecule has 0 aromatic heterocycles. The second kappa shape index (κ2) is 2.50. The molecule has 13 heavy (non-hydrogen) atoms. The van der Waals surface area contributed by atoms with Gasteiger partial charge in [-0.2, -0.15) is 5.26 Å². The van der Waals surface area contributed by atoms with E-state index in [0.29, 0.717) is 5.92 Å². The molecule has 2 rings (SSSR count). The minimum Gasteiger partial charge on any atom is -0.364 e. The van der Waals surface area contributed by atoms with Crippen LogP contribution in [0.1, 0.15) is 25.7 Å². The third kappa shape index (κ3) is 0.929. The van der Waals surface area contributed by atoms with Crippen molar-refractivity contribution in [3.05, 3.63) is 0 Å². The fraction of sp³-hybridized carbons (Fsp3) is 0.727. The largest absolute Gasteiger partial charge is 0.364 e. The van der Waals surface area contributed by atoms with Crippen molar-refractivity contribution < 1.29 is 4.74 Å². The fourth-order valence-corrected chi connectivity index (χ4v) is 2.25. The van der Waals surface area contributed by atoms with Crippen LogP contribution in [0.4, 0.5) is 0 Å².